The third-order valence-corrected chi connectivity index (χ3v) is 5.93. The summed E-state index contributed by atoms with van der Waals surface area (Å²) in [5.74, 6) is 0.522. The number of fused-ring (bicyclic) bond motifs is 2. The molecule has 1 fully saturated rings. The standard InChI is InChI=1S/C21H20N4O/c26-20(16-5-3-6-18(10-16)25-14-22-13-24-25)23-12-17-11-21(17)9-8-15-4-1-2-7-19(15)21/h1-7,10,13-14,17H,8-9,11-12H2,(H,23,26)/t17-,21-/m0/s1. The molecule has 2 atom stereocenters. The molecule has 0 aliphatic heterocycles. The average molecular weight is 344 g/mol. The van der Waals surface area contributed by atoms with Gasteiger partial charge in [-0.3, -0.25) is 4.79 Å². The van der Waals surface area contributed by atoms with E-state index in [1.165, 1.54) is 36.7 Å². The third kappa shape index (κ3) is 2.43. The molecular weight excluding hydrogens is 324 g/mol. The van der Waals surface area contributed by atoms with Crippen LogP contribution in [0.4, 0.5) is 0 Å². The quantitative estimate of drug-likeness (QED) is 0.792. The van der Waals surface area contributed by atoms with E-state index < -0.39 is 0 Å². The third-order valence-electron chi connectivity index (χ3n) is 5.93. The lowest BCUT2D eigenvalue weighted by molar-refractivity contribution is 0.0951. The van der Waals surface area contributed by atoms with Gasteiger partial charge >= 0.3 is 0 Å². The Bertz CT molecular complexity index is 966. The van der Waals surface area contributed by atoms with Crippen molar-refractivity contribution in [2.45, 2.75) is 24.7 Å². The number of hydrogen-bond acceptors (Lipinski definition) is 3. The summed E-state index contributed by atoms with van der Waals surface area (Å²) in [7, 11) is 0. The van der Waals surface area contributed by atoms with Crippen LogP contribution < -0.4 is 5.32 Å². The van der Waals surface area contributed by atoms with Crippen LogP contribution in [0.3, 0.4) is 0 Å². The van der Waals surface area contributed by atoms with Crippen molar-refractivity contribution in [3.05, 3.63) is 77.9 Å². The summed E-state index contributed by atoms with van der Waals surface area (Å²) in [5, 5.41) is 7.25. The SMILES string of the molecule is O=C(NC[C@@H]1C[C@@]12CCc1ccccc12)c1cccc(-n2cncn2)c1. The molecule has 0 bridgehead atoms. The van der Waals surface area contributed by atoms with E-state index in [2.05, 4.69) is 39.7 Å². The summed E-state index contributed by atoms with van der Waals surface area (Å²) < 4.78 is 1.65. The number of nitrogens with one attached hydrogen (secondary N) is 1. The predicted molar refractivity (Wildman–Crippen MR) is 98.2 cm³/mol. The number of amides is 1. The Morgan fingerprint density at radius 2 is 2.15 bits per heavy atom. The van der Waals surface area contributed by atoms with Gasteiger partial charge in [0.25, 0.3) is 5.91 Å². The lowest BCUT2D eigenvalue weighted by atomic mass is 9.95. The minimum absolute atomic E-state index is 0.0275. The summed E-state index contributed by atoms with van der Waals surface area (Å²) >= 11 is 0. The van der Waals surface area contributed by atoms with Crippen LogP contribution in [0.15, 0.2) is 61.2 Å². The van der Waals surface area contributed by atoms with E-state index in [4.69, 9.17) is 0 Å². The zero-order valence-corrected chi connectivity index (χ0v) is 14.4. The van der Waals surface area contributed by atoms with E-state index in [1.807, 2.05) is 24.3 Å². The van der Waals surface area contributed by atoms with Gasteiger partial charge in [-0.25, -0.2) is 9.67 Å². The molecule has 5 heteroatoms. The molecule has 1 spiro atoms. The summed E-state index contributed by atoms with van der Waals surface area (Å²) in [5.41, 5.74) is 4.79. The summed E-state index contributed by atoms with van der Waals surface area (Å²) in [6.07, 6.45) is 6.68. The van der Waals surface area contributed by atoms with Gasteiger partial charge in [-0.05, 0) is 54.5 Å². The number of carbonyl (C=O) groups excluding carboxylic acids is 1. The highest BCUT2D eigenvalue weighted by molar-refractivity contribution is 5.94. The number of aryl methyl sites for hydroxylation is 1. The lowest BCUT2D eigenvalue weighted by Gasteiger charge is -2.12. The maximum atomic E-state index is 12.6. The molecule has 1 saturated carbocycles. The average Bonchev–Trinajstić information content (AvgIpc) is 3.01. The summed E-state index contributed by atoms with van der Waals surface area (Å²) in [4.78, 5) is 16.5. The molecule has 5 rings (SSSR count). The van der Waals surface area contributed by atoms with Gasteiger partial charge in [-0.1, -0.05) is 30.3 Å². The highest BCUT2D eigenvalue weighted by atomic mass is 16.1. The molecule has 2 aliphatic carbocycles. The van der Waals surface area contributed by atoms with Crippen LogP contribution in [-0.2, 0) is 11.8 Å². The minimum Gasteiger partial charge on any atom is -0.352 e. The molecule has 2 aromatic carbocycles. The molecule has 26 heavy (non-hydrogen) atoms. The van der Waals surface area contributed by atoms with Crippen molar-refractivity contribution in [2.24, 2.45) is 5.92 Å². The zero-order valence-electron chi connectivity index (χ0n) is 14.4. The van der Waals surface area contributed by atoms with E-state index in [9.17, 15) is 4.79 Å². The molecule has 2 aliphatic rings. The predicted octanol–water partition coefficient (Wildman–Crippen LogP) is 2.90. The number of benzene rings is 2. The minimum atomic E-state index is -0.0275. The molecule has 5 nitrogen and oxygen atoms in total. The van der Waals surface area contributed by atoms with Crippen molar-refractivity contribution >= 4 is 5.91 Å². The molecule has 0 unspecified atom stereocenters. The number of hydrogen-bond donors (Lipinski definition) is 1. The van der Waals surface area contributed by atoms with Gasteiger partial charge in [0.1, 0.15) is 12.7 Å². The smallest absolute Gasteiger partial charge is 0.251 e. The Morgan fingerprint density at radius 1 is 1.23 bits per heavy atom. The van der Waals surface area contributed by atoms with Crippen molar-refractivity contribution in [1.29, 1.82) is 0 Å². The highest BCUT2D eigenvalue weighted by Gasteiger charge is 2.57. The number of aromatic nitrogens is 3. The van der Waals surface area contributed by atoms with Gasteiger partial charge in [0.05, 0.1) is 5.69 Å². The van der Waals surface area contributed by atoms with Crippen molar-refractivity contribution in [3.63, 3.8) is 0 Å². The van der Waals surface area contributed by atoms with E-state index in [0.29, 0.717) is 16.9 Å². The van der Waals surface area contributed by atoms with Crippen molar-refractivity contribution < 1.29 is 4.79 Å². The molecule has 1 heterocycles. The van der Waals surface area contributed by atoms with Crippen LogP contribution in [0.2, 0.25) is 0 Å². The largest absolute Gasteiger partial charge is 0.352 e. The number of carbonyl (C=O) groups is 1. The first-order chi connectivity index (χ1) is 12.8. The van der Waals surface area contributed by atoms with Crippen molar-refractivity contribution in [3.8, 4) is 5.69 Å². The first-order valence-electron chi connectivity index (χ1n) is 9.08. The van der Waals surface area contributed by atoms with Crippen LogP contribution in [-0.4, -0.2) is 27.2 Å². The molecule has 1 N–H and O–H groups in total. The van der Waals surface area contributed by atoms with Gasteiger partial charge in [0, 0.05) is 17.5 Å². The number of rotatable bonds is 4. The Hall–Kier alpha value is -2.95. The van der Waals surface area contributed by atoms with Crippen LogP contribution >= 0.6 is 0 Å². The van der Waals surface area contributed by atoms with Gasteiger partial charge < -0.3 is 5.32 Å². The lowest BCUT2D eigenvalue weighted by Crippen LogP contribution is -2.27. The van der Waals surface area contributed by atoms with E-state index in [1.54, 1.807) is 11.0 Å². The van der Waals surface area contributed by atoms with Gasteiger partial charge in [-0.15, -0.1) is 0 Å². The fourth-order valence-corrected chi connectivity index (χ4v) is 4.45. The Morgan fingerprint density at radius 3 is 3.04 bits per heavy atom. The second-order valence-corrected chi connectivity index (χ2v) is 7.31. The van der Waals surface area contributed by atoms with E-state index in [0.717, 1.165) is 12.2 Å². The topological polar surface area (TPSA) is 59.8 Å². The molecule has 3 aromatic rings. The van der Waals surface area contributed by atoms with E-state index in [-0.39, 0.29) is 5.91 Å². The molecule has 1 aromatic heterocycles. The molecular formula is C21H20N4O. The fourth-order valence-electron chi connectivity index (χ4n) is 4.45. The maximum absolute atomic E-state index is 12.6. The summed E-state index contributed by atoms with van der Waals surface area (Å²) in [6.45, 7) is 0.737. The molecule has 0 radical (unpaired) electrons. The zero-order chi connectivity index (χ0) is 17.6. The van der Waals surface area contributed by atoms with Crippen molar-refractivity contribution in [2.75, 3.05) is 6.54 Å². The second kappa shape index (κ2) is 5.80. The van der Waals surface area contributed by atoms with Crippen molar-refractivity contribution in [1.82, 2.24) is 20.1 Å². The monoisotopic (exact) mass is 344 g/mol. The molecule has 130 valence electrons. The summed E-state index contributed by atoms with van der Waals surface area (Å²) in [6, 6.07) is 16.2. The van der Waals surface area contributed by atoms with Gasteiger partial charge in [0.2, 0.25) is 0 Å². The molecule has 1 amide bonds. The normalized spacial score (nSPS) is 23.0. The van der Waals surface area contributed by atoms with Gasteiger partial charge in [-0.2, -0.15) is 5.10 Å². The first-order valence-corrected chi connectivity index (χ1v) is 9.08. The molecule has 0 saturated heterocycles. The number of nitrogens with zero attached hydrogens (tertiary/aromatic N) is 3. The van der Waals surface area contributed by atoms with Crippen LogP contribution in [0.25, 0.3) is 5.69 Å². The van der Waals surface area contributed by atoms with E-state index >= 15 is 0 Å². The highest BCUT2D eigenvalue weighted by Crippen LogP contribution is 2.61. The fraction of sp³-hybridized carbons (Fsp3) is 0.286. The Balaban J connectivity index is 1.26. The maximum Gasteiger partial charge on any atom is 0.251 e. The van der Waals surface area contributed by atoms with Crippen LogP contribution in [0, 0.1) is 5.92 Å². The second-order valence-electron chi connectivity index (χ2n) is 7.31. The van der Waals surface area contributed by atoms with Crippen LogP contribution in [0.1, 0.15) is 34.3 Å². The first kappa shape index (κ1) is 15.3. The Labute approximate surface area is 152 Å². The Kier molecular flexibility index (Phi) is 3.42. The van der Waals surface area contributed by atoms with Gasteiger partial charge in [0.15, 0.2) is 0 Å². The van der Waals surface area contributed by atoms with Crippen LogP contribution in [0.5, 0.6) is 0 Å².